The summed E-state index contributed by atoms with van der Waals surface area (Å²) >= 11 is 3.20. The summed E-state index contributed by atoms with van der Waals surface area (Å²) in [6.45, 7) is 0. The van der Waals surface area contributed by atoms with E-state index in [-0.39, 0.29) is 11.4 Å². The van der Waals surface area contributed by atoms with E-state index in [4.69, 9.17) is 5.73 Å². The summed E-state index contributed by atoms with van der Waals surface area (Å²) in [5, 5.41) is 15.0. The van der Waals surface area contributed by atoms with Crippen LogP contribution in [0.2, 0.25) is 0 Å². The number of primary amides is 1. The quantitative estimate of drug-likeness (QED) is 0.427. The van der Waals surface area contributed by atoms with Crippen LogP contribution in [0.25, 0.3) is 16.3 Å². The van der Waals surface area contributed by atoms with Gasteiger partial charge >= 0.3 is 0 Å². The summed E-state index contributed by atoms with van der Waals surface area (Å²) < 4.78 is 2.70. The molecule has 0 spiro atoms. The first-order valence-electron chi connectivity index (χ1n) is 6.78. The monoisotopic (exact) mass is 360 g/mol. The van der Waals surface area contributed by atoms with Crippen LogP contribution in [0.4, 0.5) is 5.69 Å². The van der Waals surface area contributed by atoms with Gasteiger partial charge in [-0.15, -0.1) is 23.1 Å². The van der Waals surface area contributed by atoms with E-state index in [2.05, 4.69) is 5.10 Å². The van der Waals surface area contributed by atoms with Crippen LogP contribution in [0.3, 0.4) is 0 Å². The van der Waals surface area contributed by atoms with Crippen molar-refractivity contribution in [2.45, 2.75) is 4.21 Å². The van der Waals surface area contributed by atoms with Crippen LogP contribution in [-0.4, -0.2) is 26.9 Å². The fourth-order valence-corrected chi connectivity index (χ4v) is 3.70. The zero-order valence-electron chi connectivity index (χ0n) is 12.5. The second kappa shape index (κ2) is 6.46. The number of amides is 1. The summed E-state index contributed by atoms with van der Waals surface area (Å²) in [6, 6.07) is 11.5. The van der Waals surface area contributed by atoms with E-state index < -0.39 is 10.8 Å². The Hall–Kier alpha value is -2.65. The Kier molecular flexibility index (Phi) is 4.36. The number of carbonyl (C=O) groups excluding carboxylic acids is 1. The fourth-order valence-electron chi connectivity index (χ4n) is 2.16. The smallest absolute Gasteiger partial charge is 0.269 e. The van der Waals surface area contributed by atoms with E-state index >= 15 is 0 Å². The molecule has 2 N–H and O–H groups in total. The highest BCUT2D eigenvalue weighted by Crippen LogP contribution is 2.34. The van der Waals surface area contributed by atoms with Gasteiger partial charge in [-0.25, -0.2) is 4.68 Å². The summed E-state index contributed by atoms with van der Waals surface area (Å²) in [5.41, 5.74) is 6.80. The topological polar surface area (TPSA) is 104 Å². The maximum atomic E-state index is 11.5. The minimum Gasteiger partial charge on any atom is -0.364 e. The lowest BCUT2D eigenvalue weighted by Crippen LogP contribution is -2.12. The van der Waals surface area contributed by atoms with E-state index in [0.717, 1.165) is 9.09 Å². The molecule has 3 rings (SSSR count). The number of rotatable bonds is 5. The van der Waals surface area contributed by atoms with Crippen molar-refractivity contribution in [2.75, 3.05) is 6.26 Å². The van der Waals surface area contributed by atoms with E-state index in [0.29, 0.717) is 11.4 Å². The average molecular weight is 360 g/mol. The molecule has 0 fully saturated rings. The van der Waals surface area contributed by atoms with E-state index in [1.165, 1.54) is 12.1 Å². The van der Waals surface area contributed by atoms with Gasteiger partial charge in [0.15, 0.2) is 5.69 Å². The maximum absolute atomic E-state index is 11.5. The lowest BCUT2D eigenvalue weighted by atomic mass is 10.2. The number of non-ortho nitro benzene ring substituents is 1. The molecule has 0 radical (unpaired) electrons. The van der Waals surface area contributed by atoms with Gasteiger partial charge < -0.3 is 5.73 Å². The first-order valence-corrected chi connectivity index (χ1v) is 8.82. The Morgan fingerprint density at radius 2 is 2.00 bits per heavy atom. The Labute approximate surface area is 145 Å². The molecule has 0 unspecified atom stereocenters. The fraction of sp³-hybridized carbons (Fsp3) is 0.0667. The second-order valence-corrected chi connectivity index (χ2v) is 6.98. The highest BCUT2D eigenvalue weighted by Gasteiger charge is 2.17. The first-order chi connectivity index (χ1) is 11.5. The van der Waals surface area contributed by atoms with Gasteiger partial charge in [-0.05, 0) is 36.6 Å². The lowest BCUT2D eigenvalue weighted by Gasteiger charge is -2.05. The standard InChI is InChI=1S/C15H12N4O3S2/c1-23-14-7-6-13(24-14)12-8-11(15(16)20)17-18(12)9-2-4-10(5-3-9)19(21)22/h2-8H,1H3,(H2,16,20). The molecule has 1 amide bonds. The van der Waals surface area contributed by atoms with E-state index in [9.17, 15) is 14.9 Å². The van der Waals surface area contributed by atoms with E-state index in [1.54, 1.807) is 46.0 Å². The van der Waals surface area contributed by atoms with Gasteiger partial charge in [-0.3, -0.25) is 14.9 Å². The van der Waals surface area contributed by atoms with Gasteiger partial charge in [0, 0.05) is 12.1 Å². The molecule has 0 aliphatic carbocycles. The van der Waals surface area contributed by atoms with Gasteiger partial charge in [0.05, 0.1) is 25.4 Å². The molecule has 2 aromatic heterocycles. The number of thiophene rings is 1. The number of thioether (sulfide) groups is 1. The highest BCUT2D eigenvalue weighted by atomic mass is 32.2. The van der Waals surface area contributed by atoms with Crippen LogP contribution in [0.1, 0.15) is 10.5 Å². The number of hydrogen-bond donors (Lipinski definition) is 1. The highest BCUT2D eigenvalue weighted by molar-refractivity contribution is 8.00. The molecule has 2 heterocycles. The molecular weight excluding hydrogens is 348 g/mol. The summed E-state index contributed by atoms with van der Waals surface area (Å²) in [6.07, 6.45) is 1.98. The number of benzene rings is 1. The van der Waals surface area contributed by atoms with Crippen molar-refractivity contribution in [3.63, 3.8) is 0 Å². The molecule has 7 nitrogen and oxygen atoms in total. The number of nitrogens with two attached hydrogens (primary N) is 1. The molecule has 0 aliphatic heterocycles. The summed E-state index contributed by atoms with van der Waals surface area (Å²) in [7, 11) is 0. The molecule has 1 aromatic carbocycles. The SMILES string of the molecule is CSc1ccc(-c2cc(C(N)=O)nn2-c2ccc([N+](=O)[O-])cc2)s1. The zero-order chi connectivity index (χ0) is 17.3. The molecule has 0 bridgehead atoms. The van der Waals surface area contributed by atoms with Crippen molar-refractivity contribution in [3.05, 3.63) is 58.3 Å². The van der Waals surface area contributed by atoms with Crippen molar-refractivity contribution in [1.82, 2.24) is 9.78 Å². The van der Waals surface area contributed by atoms with Crippen LogP contribution >= 0.6 is 23.1 Å². The first kappa shape index (κ1) is 16.2. The molecular formula is C15H12N4O3S2. The van der Waals surface area contributed by atoms with Gasteiger partial charge in [0.1, 0.15) is 0 Å². The number of aromatic nitrogens is 2. The third-order valence-corrected chi connectivity index (χ3v) is 5.49. The summed E-state index contributed by atoms with van der Waals surface area (Å²) in [4.78, 5) is 22.7. The van der Waals surface area contributed by atoms with Gasteiger partial charge in [-0.2, -0.15) is 5.10 Å². The molecule has 0 atom stereocenters. The minimum atomic E-state index is -0.626. The molecule has 3 aromatic rings. The predicted molar refractivity (Wildman–Crippen MR) is 93.8 cm³/mol. The average Bonchev–Trinajstić information content (AvgIpc) is 3.21. The summed E-state index contributed by atoms with van der Waals surface area (Å²) in [5.74, 6) is -0.626. The molecule has 0 aliphatic rings. The Balaban J connectivity index is 2.11. The Bertz CT molecular complexity index is 915. The molecule has 0 saturated carbocycles. The lowest BCUT2D eigenvalue weighted by molar-refractivity contribution is -0.384. The van der Waals surface area contributed by atoms with Crippen LogP contribution in [0.15, 0.2) is 46.7 Å². The van der Waals surface area contributed by atoms with Crippen molar-refractivity contribution in [3.8, 4) is 16.3 Å². The molecule has 122 valence electrons. The Morgan fingerprint density at radius 3 is 2.54 bits per heavy atom. The van der Waals surface area contributed by atoms with Crippen molar-refractivity contribution < 1.29 is 9.72 Å². The third-order valence-electron chi connectivity index (χ3n) is 3.30. The van der Waals surface area contributed by atoms with Gasteiger partial charge in [0.2, 0.25) is 0 Å². The minimum absolute atomic E-state index is 0.0108. The largest absolute Gasteiger partial charge is 0.364 e. The van der Waals surface area contributed by atoms with Crippen LogP contribution in [0.5, 0.6) is 0 Å². The van der Waals surface area contributed by atoms with Crippen molar-refractivity contribution in [2.24, 2.45) is 5.73 Å². The van der Waals surface area contributed by atoms with Crippen LogP contribution in [-0.2, 0) is 0 Å². The second-order valence-electron chi connectivity index (χ2n) is 4.79. The molecule has 9 heteroatoms. The number of nitro groups is 1. The number of nitro benzene ring substituents is 1. The van der Waals surface area contributed by atoms with E-state index in [1.807, 2.05) is 18.4 Å². The number of carbonyl (C=O) groups is 1. The molecule has 0 saturated heterocycles. The number of nitrogens with zero attached hydrogens (tertiary/aromatic N) is 3. The Morgan fingerprint density at radius 1 is 1.29 bits per heavy atom. The van der Waals surface area contributed by atoms with Crippen LogP contribution in [0, 0.1) is 10.1 Å². The van der Waals surface area contributed by atoms with Crippen LogP contribution < -0.4 is 5.73 Å². The van der Waals surface area contributed by atoms with Gasteiger partial charge in [0.25, 0.3) is 11.6 Å². The maximum Gasteiger partial charge on any atom is 0.269 e. The van der Waals surface area contributed by atoms with Crippen molar-refractivity contribution in [1.29, 1.82) is 0 Å². The molecule has 24 heavy (non-hydrogen) atoms. The third kappa shape index (κ3) is 3.03. The van der Waals surface area contributed by atoms with Crippen molar-refractivity contribution >= 4 is 34.7 Å². The predicted octanol–water partition coefficient (Wildman–Crippen LogP) is 3.33. The normalized spacial score (nSPS) is 10.7. The zero-order valence-corrected chi connectivity index (χ0v) is 14.1. The van der Waals surface area contributed by atoms with Gasteiger partial charge in [-0.1, -0.05) is 0 Å². The number of hydrogen-bond acceptors (Lipinski definition) is 6.